The number of nitrogens with two attached hydrogens (primary N) is 1. The van der Waals surface area contributed by atoms with Crippen molar-refractivity contribution in [2.45, 2.75) is 0 Å². The number of nitrogen functional groups attached to an aromatic ring is 1. The topological polar surface area (TPSA) is 71.2 Å². The third kappa shape index (κ3) is 2.97. The van der Waals surface area contributed by atoms with E-state index in [-0.39, 0.29) is 5.91 Å². The van der Waals surface area contributed by atoms with Crippen LogP contribution in [0.25, 0.3) is 0 Å². The zero-order chi connectivity index (χ0) is 14.0. The molecule has 0 spiro atoms. The predicted molar refractivity (Wildman–Crippen MR) is 80.3 cm³/mol. The lowest BCUT2D eigenvalue weighted by Gasteiger charge is -2.19. The Hall–Kier alpha value is -1.79. The van der Waals surface area contributed by atoms with Crippen LogP contribution in [0.5, 0.6) is 0 Å². The molecule has 5 nitrogen and oxygen atoms in total. The summed E-state index contributed by atoms with van der Waals surface area (Å²) in [4.78, 5) is 17.8. The van der Waals surface area contributed by atoms with Crippen LogP contribution in [0.2, 0.25) is 5.02 Å². The molecule has 0 atom stereocenters. The number of hydrogen-bond acceptors (Lipinski definition) is 5. The number of thiazole rings is 1. The zero-order valence-corrected chi connectivity index (χ0v) is 12.0. The van der Waals surface area contributed by atoms with E-state index in [2.05, 4.69) is 10.3 Å². The first-order chi connectivity index (χ1) is 8.99. The van der Waals surface area contributed by atoms with Crippen LogP contribution in [-0.4, -0.2) is 25.0 Å². The molecule has 7 heteroatoms. The van der Waals surface area contributed by atoms with Crippen molar-refractivity contribution < 1.29 is 4.79 Å². The molecule has 0 aliphatic carbocycles. The van der Waals surface area contributed by atoms with Gasteiger partial charge in [0.1, 0.15) is 5.69 Å². The van der Waals surface area contributed by atoms with Crippen molar-refractivity contribution >= 4 is 45.4 Å². The third-order valence-electron chi connectivity index (χ3n) is 2.44. The molecule has 19 heavy (non-hydrogen) atoms. The molecule has 2 rings (SSSR count). The molecule has 0 unspecified atom stereocenters. The van der Waals surface area contributed by atoms with Gasteiger partial charge >= 0.3 is 0 Å². The number of carbonyl (C=O) groups excluding carboxylic acids is 1. The van der Waals surface area contributed by atoms with E-state index < -0.39 is 0 Å². The summed E-state index contributed by atoms with van der Waals surface area (Å²) in [5, 5.41) is 5.34. The first-order valence-corrected chi connectivity index (χ1v) is 6.73. The fourth-order valence-electron chi connectivity index (χ4n) is 1.65. The lowest BCUT2D eigenvalue weighted by molar-refractivity contribution is 0.102. The van der Waals surface area contributed by atoms with Crippen LogP contribution in [0.1, 0.15) is 10.5 Å². The summed E-state index contributed by atoms with van der Waals surface area (Å²) in [5.74, 6) is -0.307. The second-order valence-electron chi connectivity index (χ2n) is 4.06. The Morgan fingerprint density at radius 1 is 1.47 bits per heavy atom. The highest BCUT2D eigenvalue weighted by Gasteiger charge is 2.14. The maximum absolute atomic E-state index is 12.0. The molecule has 2 aromatic rings. The van der Waals surface area contributed by atoms with E-state index in [0.29, 0.717) is 21.5 Å². The average Bonchev–Trinajstić information content (AvgIpc) is 2.75. The summed E-state index contributed by atoms with van der Waals surface area (Å²) < 4.78 is 0. The summed E-state index contributed by atoms with van der Waals surface area (Å²) >= 11 is 7.36. The zero-order valence-electron chi connectivity index (χ0n) is 10.5. The molecule has 1 heterocycles. The first-order valence-electron chi connectivity index (χ1n) is 5.47. The van der Waals surface area contributed by atoms with Crippen LogP contribution in [0.4, 0.5) is 16.5 Å². The van der Waals surface area contributed by atoms with E-state index in [1.54, 1.807) is 23.6 Å². The van der Waals surface area contributed by atoms with E-state index >= 15 is 0 Å². The fraction of sp³-hybridized carbons (Fsp3) is 0.167. The predicted octanol–water partition coefficient (Wildman–Crippen LogP) is 2.70. The molecule has 1 aromatic carbocycles. The van der Waals surface area contributed by atoms with E-state index in [1.165, 1.54) is 11.3 Å². The highest BCUT2D eigenvalue weighted by atomic mass is 35.5. The van der Waals surface area contributed by atoms with Gasteiger partial charge in [0, 0.05) is 19.5 Å². The molecule has 0 saturated carbocycles. The SMILES string of the molecule is CN(C)c1c(Cl)cccc1NC(=O)c1csc(N)n1. The molecule has 3 N–H and O–H groups in total. The smallest absolute Gasteiger partial charge is 0.275 e. The van der Waals surface area contributed by atoms with Gasteiger partial charge in [-0.1, -0.05) is 17.7 Å². The van der Waals surface area contributed by atoms with Crippen LogP contribution in [0.15, 0.2) is 23.6 Å². The van der Waals surface area contributed by atoms with Gasteiger partial charge in [-0.05, 0) is 12.1 Å². The molecule has 1 amide bonds. The Labute approximate surface area is 120 Å². The number of para-hydroxylation sites is 1. The minimum atomic E-state index is -0.307. The molecule has 0 saturated heterocycles. The van der Waals surface area contributed by atoms with Crippen molar-refractivity contribution in [1.29, 1.82) is 0 Å². The van der Waals surface area contributed by atoms with Gasteiger partial charge in [0.25, 0.3) is 5.91 Å². The number of rotatable bonds is 3. The van der Waals surface area contributed by atoms with Crippen molar-refractivity contribution in [3.63, 3.8) is 0 Å². The Morgan fingerprint density at radius 2 is 2.21 bits per heavy atom. The Kier molecular flexibility index (Phi) is 3.92. The van der Waals surface area contributed by atoms with Gasteiger partial charge in [-0.15, -0.1) is 11.3 Å². The molecular weight excluding hydrogens is 284 g/mol. The molecular formula is C12H13ClN4OS. The monoisotopic (exact) mass is 296 g/mol. The van der Waals surface area contributed by atoms with Crippen molar-refractivity contribution in [3.05, 3.63) is 34.3 Å². The maximum Gasteiger partial charge on any atom is 0.275 e. The molecule has 0 radical (unpaired) electrons. The summed E-state index contributed by atoms with van der Waals surface area (Å²) in [6.45, 7) is 0. The standard InChI is InChI=1S/C12H13ClN4OS/c1-17(2)10-7(13)4-3-5-8(10)15-11(18)9-6-19-12(14)16-9/h3-6H,1-2H3,(H2,14,16)(H,15,18). The van der Waals surface area contributed by atoms with Crippen LogP contribution in [-0.2, 0) is 0 Å². The quantitative estimate of drug-likeness (QED) is 0.913. The lowest BCUT2D eigenvalue weighted by atomic mass is 10.2. The van der Waals surface area contributed by atoms with Gasteiger partial charge in [-0.2, -0.15) is 0 Å². The number of carbonyl (C=O) groups is 1. The fourth-order valence-corrected chi connectivity index (χ4v) is 2.54. The van der Waals surface area contributed by atoms with E-state index in [4.69, 9.17) is 17.3 Å². The van der Waals surface area contributed by atoms with Gasteiger partial charge in [0.15, 0.2) is 5.13 Å². The van der Waals surface area contributed by atoms with Crippen molar-refractivity contribution in [2.75, 3.05) is 30.0 Å². The van der Waals surface area contributed by atoms with Crippen LogP contribution in [0.3, 0.4) is 0 Å². The highest BCUT2D eigenvalue weighted by Crippen LogP contribution is 2.32. The van der Waals surface area contributed by atoms with E-state index in [9.17, 15) is 4.79 Å². The van der Waals surface area contributed by atoms with Gasteiger partial charge in [0.05, 0.1) is 16.4 Å². The van der Waals surface area contributed by atoms with Gasteiger partial charge in [-0.3, -0.25) is 4.79 Å². The van der Waals surface area contributed by atoms with Crippen LogP contribution in [0, 0.1) is 0 Å². The number of amides is 1. The van der Waals surface area contributed by atoms with E-state index in [1.807, 2.05) is 19.0 Å². The second kappa shape index (κ2) is 5.46. The number of nitrogens with zero attached hydrogens (tertiary/aromatic N) is 2. The third-order valence-corrected chi connectivity index (χ3v) is 3.42. The van der Waals surface area contributed by atoms with Gasteiger partial charge < -0.3 is 16.0 Å². The number of nitrogens with one attached hydrogen (secondary N) is 1. The molecule has 100 valence electrons. The average molecular weight is 297 g/mol. The Bertz CT molecular complexity index is 612. The lowest BCUT2D eigenvalue weighted by Crippen LogP contribution is -2.17. The van der Waals surface area contributed by atoms with Crippen molar-refractivity contribution in [2.24, 2.45) is 0 Å². The number of halogens is 1. The summed E-state index contributed by atoms with van der Waals surface area (Å²) in [6.07, 6.45) is 0. The van der Waals surface area contributed by atoms with Crippen LogP contribution >= 0.6 is 22.9 Å². The minimum absolute atomic E-state index is 0.298. The van der Waals surface area contributed by atoms with Gasteiger partial charge in [0.2, 0.25) is 0 Å². The number of benzene rings is 1. The number of aromatic nitrogens is 1. The summed E-state index contributed by atoms with van der Waals surface area (Å²) in [7, 11) is 3.72. The Morgan fingerprint density at radius 3 is 2.79 bits per heavy atom. The Balaban J connectivity index is 2.29. The number of anilines is 3. The molecule has 1 aromatic heterocycles. The number of hydrogen-bond donors (Lipinski definition) is 2. The molecule has 0 aliphatic heterocycles. The largest absolute Gasteiger partial charge is 0.375 e. The molecule has 0 fully saturated rings. The van der Waals surface area contributed by atoms with E-state index in [0.717, 1.165) is 5.69 Å². The highest BCUT2D eigenvalue weighted by molar-refractivity contribution is 7.13. The summed E-state index contributed by atoms with van der Waals surface area (Å²) in [6, 6.07) is 5.34. The summed E-state index contributed by atoms with van der Waals surface area (Å²) in [5.41, 5.74) is 7.19. The second-order valence-corrected chi connectivity index (χ2v) is 5.35. The molecule has 0 aliphatic rings. The van der Waals surface area contributed by atoms with Crippen molar-refractivity contribution in [1.82, 2.24) is 4.98 Å². The van der Waals surface area contributed by atoms with Gasteiger partial charge in [-0.25, -0.2) is 4.98 Å². The maximum atomic E-state index is 12.0. The normalized spacial score (nSPS) is 10.3. The van der Waals surface area contributed by atoms with Crippen molar-refractivity contribution in [3.8, 4) is 0 Å². The van der Waals surface area contributed by atoms with Crippen LogP contribution < -0.4 is 16.0 Å². The first kappa shape index (κ1) is 13.6. The minimum Gasteiger partial charge on any atom is -0.375 e. The molecule has 0 bridgehead atoms.